The molecule has 0 saturated heterocycles. The van der Waals surface area contributed by atoms with Crippen LogP contribution in [0.3, 0.4) is 0 Å². The number of hydrogen-bond acceptors (Lipinski definition) is 5. The van der Waals surface area contributed by atoms with Crippen LogP contribution in [0.25, 0.3) is 22.8 Å². The van der Waals surface area contributed by atoms with Crippen LogP contribution in [0.1, 0.15) is 20.3 Å². The van der Waals surface area contributed by atoms with Crippen molar-refractivity contribution in [2.75, 3.05) is 13.2 Å². The number of nitrogens with zero attached hydrogens (tertiary/aromatic N) is 1. The smallest absolute Gasteiger partial charge is 0.262 e. The van der Waals surface area contributed by atoms with Crippen LogP contribution in [-0.4, -0.2) is 32.7 Å². The molecule has 0 aliphatic rings. The summed E-state index contributed by atoms with van der Waals surface area (Å²) in [5, 5.41) is -0.109. The lowest BCUT2D eigenvalue weighted by molar-refractivity contribution is 0.0778. The summed E-state index contributed by atoms with van der Waals surface area (Å²) in [6, 6.07) is 18.3. The lowest BCUT2D eigenvalue weighted by atomic mass is 10.2. The van der Waals surface area contributed by atoms with Crippen molar-refractivity contribution in [2.24, 2.45) is 0 Å². The molecule has 0 atom stereocenters. The van der Waals surface area contributed by atoms with Gasteiger partial charge in [-0.05, 0) is 32.4 Å². The molecule has 0 aliphatic heterocycles. The number of sulfonamides is 1. The monoisotopic (exact) mass is 400 g/mol. The highest BCUT2D eigenvalue weighted by atomic mass is 32.2. The first-order valence-corrected chi connectivity index (χ1v) is 10.7. The molecule has 0 amide bonds. The van der Waals surface area contributed by atoms with Crippen LogP contribution in [0.4, 0.5) is 0 Å². The van der Waals surface area contributed by atoms with Crippen molar-refractivity contribution >= 4 is 10.0 Å². The summed E-state index contributed by atoms with van der Waals surface area (Å²) in [6.45, 7) is 4.63. The normalized spacial score (nSPS) is 11.8. The zero-order chi connectivity index (χ0) is 20.0. The molecule has 0 radical (unpaired) electrons. The van der Waals surface area contributed by atoms with E-state index in [0.29, 0.717) is 24.2 Å². The van der Waals surface area contributed by atoms with E-state index < -0.39 is 10.0 Å². The van der Waals surface area contributed by atoms with Crippen LogP contribution in [-0.2, 0) is 14.8 Å². The summed E-state index contributed by atoms with van der Waals surface area (Å²) in [5.41, 5.74) is 1.37. The first kappa shape index (κ1) is 20.3. The molecule has 0 saturated carbocycles. The molecule has 28 heavy (non-hydrogen) atoms. The molecule has 7 heteroatoms. The molecule has 3 aromatic rings. The number of ether oxygens (including phenoxy) is 1. The lowest BCUT2D eigenvalue weighted by Crippen LogP contribution is -2.26. The number of aromatic nitrogens is 1. The van der Waals surface area contributed by atoms with Gasteiger partial charge in [0.05, 0.1) is 6.10 Å². The first-order valence-electron chi connectivity index (χ1n) is 9.20. The molecule has 3 rings (SSSR count). The molecule has 1 aromatic heterocycles. The van der Waals surface area contributed by atoms with Gasteiger partial charge in [0, 0.05) is 24.3 Å². The van der Waals surface area contributed by atoms with Crippen LogP contribution in [0.2, 0.25) is 0 Å². The SMILES string of the molecule is CC(C)OCCCNS(=O)(=O)c1nc(-c2ccccc2)oc1-c1ccccc1. The van der Waals surface area contributed by atoms with Crippen LogP contribution in [0.5, 0.6) is 0 Å². The fourth-order valence-corrected chi connectivity index (χ4v) is 3.79. The molecule has 0 bridgehead atoms. The maximum absolute atomic E-state index is 12.9. The van der Waals surface area contributed by atoms with Gasteiger partial charge in [0.25, 0.3) is 10.0 Å². The molecule has 0 spiro atoms. The highest BCUT2D eigenvalue weighted by Gasteiger charge is 2.27. The second kappa shape index (κ2) is 9.14. The van der Waals surface area contributed by atoms with Gasteiger partial charge in [-0.2, -0.15) is 4.98 Å². The number of hydrogen-bond donors (Lipinski definition) is 1. The van der Waals surface area contributed by atoms with Crippen molar-refractivity contribution < 1.29 is 17.6 Å². The molecule has 0 fully saturated rings. The topological polar surface area (TPSA) is 81.4 Å². The average molecular weight is 401 g/mol. The Morgan fingerprint density at radius 1 is 1.00 bits per heavy atom. The number of oxazole rings is 1. The summed E-state index contributed by atoms with van der Waals surface area (Å²) >= 11 is 0. The van der Waals surface area contributed by atoms with E-state index in [9.17, 15) is 8.42 Å². The van der Waals surface area contributed by atoms with Crippen LogP contribution < -0.4 is 4.72 Å². The van der Waals surface area contributed by atoms with Crippen molar-refractivity contribution in [2.45, 2.75) is 31.4 Å². The molecular formula is C21H24N2O4S. The third kappa shape index (κ3) is 5.07. The Bertz CT molecular complexity index is 984. The predicted octanol–water partition coefficient (Wildman–Crippen LogP) is 4.10. The van der Waals surface area contributed by atoms with Crippen LogP contribution in [0.15, 0.2) is 70.1 Å². The van der Waals surface area contributed by atoms with Gasteiger partial charge < -0.3 is 9.15 Å². The Balaban J connectivity index is 1.89. The highest BCUT2D eigenvalue weighted by molar-refractivity contribution is 7.89. The molecule has 2 aromatic carbocycles. The summed E-state index contributed by atoms with van der Waals surface area (Å²) in [5.74, 6) is 0.494. The van der Waals surface area contributed by atoms with Crippen molar-refractivity contribution in [3.63, 3.8) is 0 Å². The van der Waals surface area contributed by atoms with E-state index in [1.807, 2.05) is 62.4 Å². The zero-order valence-corrected chi connectivity index (χ0v) is 16.8. The average Bonchev–Trinajstić information content (AvgIpc) is 3.15. The first-order chi connectivity index (χ1) is 13.5. The standard InChI is InChI=1S/C21H24N2O4S/c1-16(2)26-15-9-14-22-28(24,25)21-19(17-10-5-3-6-11-17)27-20(23-21)18-12-7-4-8-13-18/h3-8,10-13,16,22H,9,14-15H2,1-2H3. The van der Waals surface area contributed by atoms with Crippen LogP contribution >= 0.6 is 0 Å². The molecule has 6 nitrogen and oxygen atoms in total. The van der Waals surface area contributed by atoms with Gasteiger partial charge in [0.15, 0.2) is 5.76 Å². The minimum atomic E-state index is -3.84. The van der Waals surface area contributed by atoms with Gasteiger partial charge in [-0.25, -0.2) is 13.1 Å². The lowest BCUT2D eigenvalue weighted by Gasteiger charge is -2.08. The Morgan fingerprint density at radius 3 is 2.21 bits per heavy atom. The molecule has 0 unspecified atom stereocenters. The number of rotatable bonds is 9. The highest BCUT2D eigenvalue weighted by Crippen LogP contribution is 2.32. The summed E-state index contributed by atoms with van der Waals surface area (Å²) in [4.78, 5) is 4.31. The maximum Gasteiger partial charge on any atom is 0.262 e. The minimum Gasteiger partial charge on any atom is -0.435 e. The van der Waals surface area contributed by atoms with Gasteiger partial charge in [0.1, 0.15) is 0 Å². The fraction of sp³-hybridized carbons (Fsp3) is 0.286. The molecule has 0 aliphatic carbocycles. The third-order valence-electron chi connectivity index (χ3n) is 3.97. The molecule has 1 N–H and O–H groups in total. The quantitative estimate of drug-likeness (QED) is 0.547. The molecular weight excluding hydrogens is 376 g/mol. The van der Waals surface area contributed by atoms with E-state index in [1.165, 1.54) is 0 Å². The van der Waals surface area contributed by atoms with E-state index in [0.717, 1.165) is 0 Å². The van der Waals surface area contributed by atoms with Crippen LogP contribution in [0, 0.1) is 0 Å². The Kier molecular flexibility index (Phi) is 6.61. The van der Waals surface area contributed by atoms with Gasteiger partial charge in [0.2, 0.25) is 10.9 Å². The molecule has 148 valence electrons. The second-order valence-corrected chi connectivity index (χ2v) is 8.24. The Hall–Kier alpha value is -2.48. The van der Waals surface area contributed by atoms with E-state index in [1.54, 1.807) is 12.1 Å². The summed E-state index contributed by atoms with van der Waals surface area (Å²) in [6.07, 6.45) is 0.687. The van der Waals surface area contributed by atoms with Crippen molar-refractivity contribution in [3.8, 4) is 22.8 Å². The van der Waals surface area contributed by atoms with E-state index in [4.69, 9.17) is 9.15 Å². The fourth-order valence-electron chi connectivity index (χ4n) is 2.63. The second-order valence-electron chi connectivity index (χ2n) is 6.56. The maximum atomic E-state index is 12.9. The van der Waals surface area contributed by atoms with E-state index in [2.05, 4.69) is 9.71 Å². The number of nitrogens with one attached hydrogen (secondary N) is 1. The largest absolute Gasteiger partial charge is 0.435 e. The molecule has 1 heterocycles. The van der Waals surface area contributed by atoms with Gasteiger partial charge in [-0.1, -0.05) is 48.5 Å². The van der Waals surface area contributed by atoms with Crippen molar-refractivity contribution in [1.82, 2.24) is 9.71 Å². The van der Waals surface area contributed by atoms with Gasteiger partial charge >= 0.3 is 0 Å². The van der Waals surface area contributed by atoms with Gasteiger partial charge in [-0.15, -0.1) is 0 Å². The van der Waals surface area contributed by atoms with E-state index in [-0.39, 0.29) is 29.3 Å². The third-order valence-corrected chi connectivity index (χ3v) is 5.34. The Morgan fingerprint density at radius 2 is 1.61 bits per heavy atom. The summed E-state index contributed by atoms with van der Waals surface area (Å²) in [7, 11) is -3.84. The van der Waals surface area contributed by atoms with Crippen molar-refractivity contribution in [1.29, 1.82) is 0 Å². The van der Waals surface area contributed by atoms with E-state index >= 15 is 0 Å². The predicted molar refractivity (Wildman–Crippen MR) is 108 cm³/mol. The summed E-state index contributed by atoms with van der Waals surface area (Å²) < 4.78 is 39.7. The minimum absolute atomic E-state index is 0.109. The van der Waals surface area contributed by atoms with Crippen molar-refractivity contribution in [3.05, 3.63) is 60.7 Å². The Labute approximate surface area is 165 Å². The number of benzene rings is 2. The zero-order valence-electron chi connectivity index (χ0n) is 16.0. The van der Waals surface area contributed by atoms with Gasteiger partial charge in [-0.3, -0.25) is 0 Å².